The summed E-state index contributed by atoms with van der Waals surface area (Å²) in [7, 11) is 0. The zero-order valence-electron chi connectivity index (χ0n) is 11.0. The Labute approximate surface area is 114 Å². The van der Waals surface area contributed by atoms with Crippen molar-refractivity contribution < 1.29 is 9.90 Å². The maximum atomic E-state index is 11.4. The van der Waals surface area contributed by atoms with Gasteiger partial charge in [-0.25, -0.2) is 14.8 Å². The largest absolute Gasteiger partial charge is 0.478 e. The van der Waals surface area contributed by atoms with Gasteiger partial charge >= 0.3 is 5.97 Å². The predicted octanol–water partition coefficient (Wildman–Crippen LogP) is 2.13. The van der Waals surface area contributed by atoms with Crippen molar-refractivity contribution in [2.75, 3.05) is 0 Å². The molecule has 0 unspecified atom stereocenters. The molecule has 0 saturated carbocycles. The summed E-state index contributed by atoms with van der Waals surface area (Å²) in [5.41, 5.74) is 0.827. The highest BCUT2D eigenvalue weighted by Gasteiger charge is 2.14. The van der Waals surface area contributed by atoms with Gasteiger partial charge in [0.15, 0.2) is 5.82 Å². The third kappa shape index (κ3) is 1.91. The van der Waals surface area contributed by atoms with Gasteiger partial charge in [-0.1, -0.05) is 18.2 Å². The average Bonchev–Trinajstić information content (AvgIpc) is 2.76. The summed E-state index contributed by atoms with van der Waals surface area (Å²) in [5.74, 6) is 0.759. The number of rotatable bonds is 2. The summed E-state index contributed by atoms with van der Waals surface area (Å²) >= 11 is 0. The lowest BCUT2D eigenvalue weighted by Crippen LogP contribution is -2.06. The first kappa shape index (κ1) is 12.3. The molecule has 0 aliphatic heterocycles. The number of aromatic nitrogens is 4. The molecule has 20 heavy (non-hydrogen) atoms. The first-order valence-corrected chi connectivity index (χ1v) is 6.10. The molecule has 0 spiro atoms. The van der Waals surface area contributed by atoms with Crippen molar-refractivity contribution >= 4 is 16.9 Å². The minimum Gasteiger partial charge on any atom is -0.478 e. The molecule has 0 radical (unpaired) electrons. The normalized spacial score (nSPS) is 10.9. The van der Waals surface area contributed by atoms with Gasteiger partial charge in [0.1, 0.15) is 11.6 Å². The topological polar surface area (TPSA) is 80.9 Å². The van der Waals surface area contributed by atoms with Gasteiger partial charge in [-0.2, -0.15) is 4.68 Å². The van der Waals surface area contributed by atoms with E-state index in [-0.39, 0.29) is 5.56 Å². The number of pyridine rings is 1. The second-order valence-corrected chi connectivity index (χ2v) is 4.47. The molecule has 0 atom stereocenters. The zero-order valence-corrected chi connectivity index (χ0v) is 11.0. The van der Waals surface area contributed by atoms with Crippen molar-refractivity contribution in [3.63, 3.8) is 0 Å². The number of hydrogen-bond donors (Lipinski definition) is 1. The quantitative estimate of drug-likeness (QED) is 0.770. The second kappa shape index (κ2) is 4.41. The molecule has 1 aromatic carbocycles. The summed E-state index contributed by atoms with van der Waals surface area (Å²) in [6.07, 6.45) is 0. The van der Waals surface area contributed by atoms with Crippen molar-refractivity contribution in [2.45, 2.75) is 13.8 Å². The van der Waals surface area contributed by atoms with E-state index in [1.54, 1.807) is 36.7 Å². The van der Waals surface area contributed by atoms with Crippen molar-refractivity contribution in [1.82, 2.24) is 19.7 Å². The molecule has 6 heteroatoms. The molecular formula is C14H12N4O2. The molecule has 0 fully saturated rings. The SMILES string of the molecule is Cc1nc(C)n(-c2cc(C(=O)O)c3ccccc3n2)n1. The van der Waals surface area contributed by atoms with Gasteiger partial charge in [-0.15, -0.1) is 5.10 Å². The Hall–Kier alpha value is -2.76. The molecule has 0 saturated heterocycles. The minimum absolute atomic E-state index is 0.207. The Morgan fingerprint density at radius 2 is 1.95 bits per heavy atom. The van der Waals surface area contributed by atoms with Gasteiger partial charge in [0.2, 0.25) is 0 Å². The van der Waals surface area contributed by atoms with Crippen LogP contribution in [-0.4, -0.2) is 30.8 Å². The van der Waals surface area contributed by atoms with Crippen LogP contribution in [0.2, 0.25) is 0 Å². The van der Waals surface area contributed by atoms with Crippen LogP contribution >= 0.6 is 0 Å². The van der Waals surface area contributed by atoms with Crippen LogP contribution in [0.1, 0.15) is 22.0 Å². The van der Waals surface area contributed by atoms with E-state index in [9.17, 15) is 9.90 Å². The average molecular weight is 268 g/mol. The fraction of sp³-hybridized carbons (Fsp3) is 0.143. The van der Waals surface area contributed by atoms with E-state index >= 15 is 0 Å². The van der Waals surface area contributed by atoms with Crippen LogP contribution in [0.3, 0.4) is 0 Å². The third-order valence-corrected chi connectivity index (χ3v) is 3.02. The molecule has 0 bridgehead atoms. The number of carboxylic acid groups (broad SMARTS) is 1. The molecule has 100 valence electrons. The maximum absolute atomic E-state index is 11.4. The summed E-state index contributed by atoms with van der Waals surface area (Å²) in [6, 6.07) is 8.66. The highest BCUT2D eigenvalue weighted by Crippen LogP contribution is 2.20. The number of benzene rings is 1. The van der Waals surface area contributed by atoms with Crippen LogP contribution < -0.4 is 0 Å². The molecule has 0 aliphatic rings. The van der Waals surface area contributed by atoms with Crippen molar-refractivity contribution in [3.8, 4) is 5.82 Å². The summed E-state index contributed by atoms with van der Waals surface area (Å²) in [4.78, 5) is 20.1. The predicted molar refractivity (Wildman–Crippen MR) is 73.1 cm³/mol. The number of aryl methyl sites for hydroxylation is 2. The Balaban J connectivity index is 2.32. The molecule has 0 amide bonds. The van der Waals surface area contributed by atoms with Crippen LogP contribution in [0, 0.1) is 13.8 Å². The first-order chi connectivity index (χ1) is 9.56. The molecule has 0 aliphatic carbocycles. The highest BCUT2D eigenvalue weighted by atomic mass is 16.4. The van der Waals surface area contributed by atoms with Crippen LogP contribution in [0.15, 0.2) is 30.3 Å². The fourth-order valence-electron chi connectivity index (χ4n) is 2.18. The van der Waals surface area contributed by atoms with Gasteiger partial charge in [0, 0.05) is 5.39 Å². The van der Waals surface area contributed by atoms with Gasteiger partial charge < -0.3 is 5.11 Å². The van der Waals surface area contributed by atoms with Crippen LogP contribution in [0.4, 0.5) is 0 Å². The monoisotopic (exact) mass is 268 g/mol. The molecule has 6 nitrogen and oxygen atoms in total. The van der Waals surface area contributed by atoms with Crippen LogP contribution in [0.25, 0.3) is 16.7 Å². The lowest BCUT2D eigenvalue weighted by Gasteiger charge is -2.07. The summed E-state index contributed by atoms with van der Waals surface area (Å²) in [5, 5.41) is 14.2. The third-order valence-electron chi connectivity index (χ3n) is 3.02. The number of carboxylic acids is 1. The molecule has 2 aromatic heterocycles. The van der Waals surface area contributed by atoms with E-state index in [0.29, 0.717) is 28.4 Å². The lowest BCUT2D eigenvalue weighted by molar-refractivity contribution is 0.0699. The maximum Gasteiger partial charge on any atom is 0.336 e. The van der Waals surface area contributed by atoms with Crippen molar-refractivity contribution in [2.24, 2.45) is 0 Å². The van der Waals surface area contributed by atoms with Gasteiger partial charge in [-0.05, 0) is 26.0 Å². The minimum atomic E-state index is -0.987. The summed E-state index contributed by atoms with van der Waals surface area (Å²) < 4.78 is 1.55. The van der Waals surface area contributed by atoms with E-state index in [4.69, 9.17) is 0 Å². The van der Waals surface area contributed by atoms with Gasteiger partial charge in [0.05, 0.1) is 11.1 Å². The van der Waals surface area contributed by atoms with Crippen molar-refractivity contribution in [3.05, 3.63) is 47.5 Å². The van der Waals surface area contributed by atoms with Crippen LogP contribution in [0.5, 0.6) is 0 Å². The molecule has 3 aromatic rings. The van der Waals surface area contributed by atoms with E-state index in [2.05, 4.69) is 15.1 Å². The van der Waals surface area contributed by atoms with E-state index in [1.165, 1.54) is 6.07 Å². The number of aromatic carboxylic acids is 1. The zero-order chi connectivity index (χ0) is 14.3. The Kier molecular flexibility index (Phi) is 2.71. The van der Waals surface area contributed by atoms with E-state index < -0.39 is 5.97 Å². The number of fused-ring (bicyclic) bond motifs is 1. The highest BCUT2D eigenvalue weighted by molar-refractivity contribution is 6.02. The Morgan fingerprint density at radius 3 is 2.60 bits per heavy atom. The smallest absolute Gasteiger partial charge is 0.336 e. The van der Waals surface area contributed by atoms with Crippen molar-refractivity contribution in [1.29, 1.82) is 0 Å². The molecule has 2 heterocycles. The van der Waals surface area contributed by atoms with E-state index in [0.717, 1.165) is 0 Å². The molecule has 3 rings (SSSR count). The summed E-state index contributed by atoms with van der Waals surface area (Å²) in [6.45, 7) is 3.58. The number of nitrogens with zero attached hydrogens (tertiary/aromatic N) is 4. The Bertz CT molecular complexity index is 823. The van der Waals surface area contributed by atoms with Crippen LogP contribution in [-0.2, 0) is 0 Å². The molecule has 1 N–H and O–H groups in total. The van der Waals surface area contributed by atoms with Gasteiger partial charge in [0.25, 0.3) is 0 Å². The standard InChI is InChI=1S/C14H12N4O2/c1-8-15-9(2)18(17-8)13-7-11(14(19)20)10-5-3-4-6-12(10)16-13/h3-7H,1-2H3,(H,19,20). The first-order valence-electron chi connectivity index (χ1n) is 6.10. The molecular weight excluding hydrogens is 256 g/mol. The second-order valence-electron chi connectivity index (χ2n) is 4.47. The number of carbonyl (C=O) groups is 1. The number of para-hydroxylation sites is 1. The lowest BCUT2D eigenvalue weighted by atomic mass is 10.1. The number of hydrogen-bond acceptors (Lipinski definition) is 4. The van der Waals surface area contributed by atoms with E-state index in [1.807, 2.05) is 6.07 Å². The fourth-order valence-corrected chi connectivity index (χ4v) is 2.18. The van der Waals surface area contributed by atoms with Gasteiger partial charge in [-0.3, -0.25) is 0 Å². The Morgan fingerprint density at radius 1 is 1.20 bits per heavy atom.